The van der Waals surface area contributed by atoms with Crippen LogP contribution in [0.3, 0.4) is 0 Å². The molecule has 2 N–H and O–H groups in total. The van der Waals surface area contributed by atoms with Gasteiger partial charge in [-0.15, -0.1) is 0 Å². The molecule has 38 heavy (non-hydrogen) atoms. The van der Waals surface area contributed by atoms with Crippen molar-refractivity contribution in [3.05, 3.63) is 70.4 Å². The molecule has 2 atom stereocenters. The van der Waals surface area contributed by atoms with Gasteiger partial charge >= 0.3 is 12.1 Å². The number of aryl methyl sites for hydroxylation is 2. The van der Waals surface area contributed by atoms with Crippen molar-refractivity contribution >= 4 is 35.0 Å². The number of benzene rings is 1. The molecule has 1 amide bonds. The zero-order valence-electron chi connectivity index (χ0n) is 20.9. The second kappa shape index (κ2) is 11.6. The second-order valence-corrected chi connectivity index (χ2v) is 8.29. The first-order chi connectivity index (χ1) is 17.6. The second-order valence-electron chi connectivity index (χ2n) is 8.29. The van der Waals surface area contributed by atoms with E-state index in [1.807, 2.05) is 30.3 Å². The van der Waals surface area contributed by atoms with E-state index in [0.717, 1.165) is 26.0 Å². The average molecular weight is 616 g/mol. The first-order valence-corrected chi connectivity index (χ1v) is 11.2. The maximum atomic E-state index is 13.9. The summed E-state index contributed by atoms with van der Waals surface area (Å²) in [5.41, 5.74) is 1.61. The van der Waals surface area contributed by atoms with Crippen LogP contribution in [-0.4, -0.2) is 59.8 Å². The van der Waals surface area contributed by atoms with Gasteiger partial charge in [-0.2, -0.15) is 0 Å². The number of carboxylic acid groups (broad SMARTS) is 1. The number of nitrogens with one attached hydrogen (secondary N) is 1. The summed E-state index contributed by atoms with van der Waals surface area (Å²) in [5.74, 6) is -1.94. The van der Waals surface area contributed by atoms with Crippen LogP contribution >= 0.6 is 0 Å². The van der Waals surface area contributed by atoms with Crippen LogP contribution in [0.4, 0.5) is 4.79 Å². The van der Waals surface area contributed by atoms with Gasteiger partial charge in [0.05, 0.1) is 24.8 Å². The third-order valence-electron chi connectivity index (χ3n) is 5.77. The fourth-order valence-corrected chi connectivity index (χ4v) is 4.14. The van der Waals surface area contributed by atoms with Crippen molar-refractivity contribution in [3.8, 4) is 0 Å². The fraction of sp³-hybridized carbons (Fsp3) is 0.292. The van der Waals surface area contributed by atoms with Crippen molar-refractivity contribution in [2.45, 2.75) is 32.5 Å². The third-order valence-corrected chi connectivity index (χ3v) is 5.77. The SMILES string of the molecule is COC(=O)N[C@@H]([CH-]C(OC(C)=O)c1c(C)nc2n(C)c3ncn(Cc4ccccc4)c3c(=O)n12)C(=O)O.[Pd]. The summed E-state index contributed by atoms with van der Waals surface area (Å²) in [7, 11) is 2.77. The summed E-state index contributed by atoms with van der Waals surface area (Å²) in [6.45, 7) is 3.13. The van der Waals surface area contributed by atoms with Crippen LogP contribution < -0.4 is 10.9 Å². The third kappa shape index (κ3) is 5.46. The van der Waals surface area contributed by atoms with E-state index in [-0.39, 0.29) is 37.4 Å². The fourth-order valence-electron chi connectivity index (χ4n) is 4.14. The summed E-state index contributed by atoms with van der Waals surface area (Å²) in [6, 6.07) is 7.93. The van der Waals surface area contributed by atoms with Gasteiger partial charge < -0.3 is 24.5 Å². The molecular formula is C24H25N6O7Pd-. The van der Waals surface area contributed by atoms with E-state index >= 15 is 0 Å². The average Bonchev–Trinajstić information content (AvgIpc) is 3.43. The normalized spacial score (nSPS) is 12.5. The Morgan fingerprint density at radius 2 is 1.89 bits per heavy atom. The van der Waals surface area contributed by atoms with Crippen LogP contribution in [0.5, 0.6) is 0 Å². The molecule has 3 heterocycles. The van der Waals surface area contributed by atoms with Gasteiger partial charge in [-0.25, -0.2) is 25.6 Å². The number of nitrogens with zero attached hydrogens (tertiary/aromatic N) is 5. The van der Waals surface area contributed by atoms with Gasteiger partial charge in [0.1, 0.15) is 0 Å². The van der Waals surface area contributed by atoms with Gasteiger partial charge in [-0.3, -0.25) is 19.0 Å². The molecule has 0 aliphatic heterocycles. The number of imidazole rings is 2. The molecule has 204 valence electrons. The van der Waals surface area contributed by atoms with Crippen LogP contribution in [0.2, 0.25) is 0 Å². The van der Waals surface area contributed by atoms with E-state index in [4.69, 9.17) is 4.74 Å². The van der Waals surface area contributed by atoms with Crippen LogP contribution in [0, 0.1) is 13.3 Å². The molecule has 4 rings (SSSR count). The Morgan fingerprint density at radius 1 is 1.21 bits per heavy atom. The zero-order chi connectivity index (χ0) is 26.9. The number of hydrogen-bond acceptors (Lipinski definition) is 8. The molecule has 0 spiro atoms. The van der Waals surface area contributed by atoms with E-state index < -0.39 is 35.7 Å². The molecular weight excluding hydrogens is 591 g/mol. The van der Waals surface area contributed by atoms with Gasteiger partial charge in [-0.05, 0) is 12.5 Å². The number of fused-ring (bicyclic) bond motifs is 2. The molecule has 14 heteroatoms. The van der Waals surface area contributed by atoms with Crippen molar-refractivity contribution < 1.29 is 49.4 Å². The number of aliphatic carboxylic acids is 1. The van der Waals surface area contributed by atoms with E-state index in [1.54, 1.807) is 29.4 Å². The summed E-state index contributed by atoms with van der Waals surface area (Å²) in [5, 5.41) is 11.8. The topological polar surface area (TPSA) is 159 Å². The molecule has 0 saturated carbocycles. The van der Waals surface area contributed by atoms with E-state index in [0.29, 0.717) is 17.9 Å². The molecule has 0 saturated heterocycles. The van der Waals surface area contributed by atoms with Crippen LogP contribution in [0.15, 0.2) is 41.5 Å². The predicted octanol–water partition coefficient (Wildman–Crippen LogP) is 1.35. The maximum absolute atomic E-state index is 13.9. The molecule has 0 radical (unpaired) electrons. The Kier molecular flexibility index (Phi) is 8.70. The summed E-state index contributed by atoms with van der Waals surface area (Å²) in [4.78, 5) is 58.3. The minimum atomic E-state index is -1.60. The number of aromatic nitrogens is 5. The Hall–Kier alpha value is -4.02. The number of carboxylic acids is 1. The Labute approximate surface area is 230 Å². The number of amides is 1. The number of esters is 1. The van der Waals surface area contributed by atoms with Crippen LogP contribution in [-0.2, 0) is 53.1 Å². The van der Waals surface area contributed by atoms with Crippen molar-refractivity contribution in [3.63, 3.8) is 0 Å². The summed E-state index contributed by atoms with van der Waals surface area (Å²) < 4.78 is 14.5. The van der Waals surface area contributed by atoms with Crippen molar-refractivity contribution in [2.75, 3.05) is 7.11 Å². The summed E-state index contributed by atoms with van der Waals surface area (Å²) >= 11 is 0. The van der Waals surface area contributed by atoms with E-state index in [1.165, 1.54) is 4.40 Å². The van der Waals surface area contributed by atoms with Crippen molar-refractivity contribution in [1.29, 1.82) is 0 Å². The Balaban J connectivity index is 0.00000400. The van der Waals surface area contributed by atoms with E-state index in [2.05, 4.69) is 20.0 Å². The Morgan fingerprint density at radius 3 is 2.50 bits per heavy atom. The number of hydrogen-bond donors (Lipinski definition) is 2. The van der Waals surface area contributed by atoms with Crippen molar-refractivity contribution in [1.82, 2.24) is 28.8 Å². The molecule has 0 aliphatic rings. The number of carbonyl (C=O) groups excluding carboxylic acids is 2. The molecule has 13 nitrogen and oxygen atoms in total. The first kappa shape index (κ1) is 28.6. The molecule has 1 unspecified atom stereocenters. The van der Waals surface area contributed by atoms with Crippen LogP contribution in [0.25, 0.3) is 16.9 Å². The number of ether oxygens (including phenoxy) is 2. The quantitative estimate of drug-likeness (QED) is 0.169. The minimum absolute atomic E-state index is 0. The van der Waals surface area contributed by atoms with Gasteiger partial charge in [0.25, 0.3) is 11.5 Å². The number of carbonyl (C=O) groups is 3. The van der Waals surface area contributed by atoms with Gasteiger partial charge in [0, 0.05) is 53.1 Å². The van der Waals surface area contributed by atoms with E-state index in [9.17, 15) is 24.3 Å². The molecule has 0 aliphatic carbocycles. The standard InChI is InChI=1S/C24H25N6O7.Pd/c1-13-18(17(37-14(2)31)10-16(22(33)34)27-24(35)36-4)30-21(32)19-20(28(3)23(30)26-13)25-12-29(19)11-15-8-6-5-7-9-15;/h5-10,12,16-17H,11H2,1-4H3,(H,27,35)(H,33,34);/q-1;/t16-,17?;/m0./s1. The van der Waals surface area contributed by atoms with Crippen molar-refractivity contribution in [2.24, 2.45) is 7.05 Å². The predicted molar refractivity (Wildman–Crippen MR) is 130 cm³/mol. The first-order valence-electron chi connectivity index (χ1n) is 11.2. The zero-order valence-corrected chi connectivity index (χ0v) is 22.4. The number of alkyl carbamates (subject to hydrolysis) is 1. The number of rotatable bonds is 8. The van der Waals surface area contributed by atoms with Gasteiger partial charge in [0.2, 0.25) is 5.78 Å². The largest absolute Gasteiger partial charge is 0.489 e. The molecule has 3 aromatic heterocycles. The minimum Gasteiger partial charge on any atom is -0.489 e. The molecule has 0 fully saturated rings. The van der Waals surface area contributed by atoms with Crippen LogP contribution in [0.1, 0.15) is 30.0 Å². The molecule has 1 aromatic carbocycles. The summed E-state index contributed by atoms with van der Waals surface area (Å²) in [6.07, 6.45) is 0.299. The van der Waals surface area contributed by atoms with Gasteiger partial charge in [-0.1, -0.05) is 30.3 Å². The molecule has 4 aromatic rings. The Bertz CT molecular complexity index is 1560. The molecule has 0 bridgehead atoms. The monoisotopic (exact) mass is 615 g/mol. The number of methoxy groups -OCH3 is 1. The van der Waals surface area contributed by atoms with Gasteiger partial charge in [0.15, 0.2) is 11.2 Å². The maximum Gasteiger partial charge on any atom is 0.405 e. The smallest absolute Gasteiger partial charge is 0.405 e.